The van der Waals surface area contributed by atoms with E-state index in [2.05, 4.69) is 22.1 Å². The Kier molecular flexibility index (Phi) is 5.00. The minimum Gasteiger partial charge on any atom is -0.493 e. The highest BCUT2D eigenvalue weighted by Gasteiger charge is 2.13. The highest BCUT2D eigenvalue weighted by atomic mass is 16.5. The number of ether oxygens (including phenoxy) is 2. The van der Waals surface area contributed by atoms with Gasteiger partial charge < -0.3 is 13.9 Å². The number of para-hydroxylation sites is 1. The van der Waals surface area contributed by atoms with Crippen molar-refractivity contribution in [3.8, 4) is 17.6 Å². The molecule has 0 fully saturated rings. The molecule has 0 radical (unpaired) electrons. The maximum absolute atomic E-state index is 9.05. The highest BCUT2D eigenvalue weighted by Crippen LogP contribution is 2.29. The van der Waals surface area contributed by atoms with Gasteiger partial charge in [-0.25, -0.2) is 5.43 Å². The first kappa shape index (κ1) is 16.1. The second-order valence-corrected chi connectivity index (χ2v) is 4.54. The lowest BCUT2D eigenvalue weighted by molar-refractivity contribution is 0.354. The van der Waals surface area contributed by atoms with Crippen molar-refractivity contribution in [2.24, 2.45) is 5.10 Å². The number of aromatic nitrogens is 1. The van der Waals surface area contributed by atoms with E-state index in [0.29, 0.717) is 28.5 Å². The van der Waals surface area contributed by atoms with Crippen LogP contribution in [0.15, 0.2) is 34.3 Å². The van der Waals surface area contributed by atoms with Crippen molar-refractivity contribution in [2.75, 3.05) is 19.6 Å². The van der Waals surface area contributed by atoms with Crippen molar-refractivity contribution < 1.29 is 13.9 Å². The van der Waals surface area contributed by atoms with Crippen LogP contribution in [0.3, 0.4) is 0 Å². The summed E-state index contributed by atoms with van der Waals surface area (Å²) in [6.07, 6.45) is 1.53. The van der Waals surface area contributed by atoms with E-state index in [9.17, 15) is 0 Å². The molecule has 0 aliphatic heterocycles. The van der Waals surface area contributed by atoms with Gasteiger partial charge in [0.1, 0.15) is 6.07 Å². The number of hydrogen-bond acceptors (Lipinski definition) is 7. The monoisotopic (exact) mass is 312 g/mol. The molecule has 0 aliphatic rings. The van der Waals surface area contributed by atoms with Gasteiger partial charge in [0.15, 0.2) is 11.5 Å². The fraction of sp³-hybridized carbons (Fsp3) is 0.188. The Labute approximate surface area is 133 Å². The molecule has 7 nitrogen and oxygen atoms in total. The number of nitrogens with zero attached hydrogens (tertiary/aromatic N) is 3. The summed E-state index contributed by atoms with van der Waals surface area (Å²) in [6, 6.07) is 7.35. The molecular weight excluding hydrogens is 296 g/mol. The lowest BCUT2D eigenvalue weighted by Crippen LogP contribution is -1.97. The Morgan fingerprint density at radius 2 is 2.22 bits per heavy atom. The normalized spacial score (nSPS) is 10.3. The van der Waals surface area contributed by atoms with Crippen LogP contribution in [0.4, 0.5) is 5.88 Å². The third-order valence-electron chi connectivity index (χ3n) is 2.90. The second-order valence-electron chi connectivity index (χ2n) is 4.54. The number of allylic oxidation sites excluding steroid dienone is 1. The molecule has 7 heteroatoms. The minimum absolute atomic E-state index is 0.109. The standard InChI is InChI=1S/C16H16N4O3/c1-10(2)15-19-12(8-17)16(23-15)20-18-9-11-6-5-7-13(21-3)14(11)22-4/h5-7,9,20H,1H2,2-4H3/b18-9+. The number of nitriles is 1. The topological polar surface area (TPSA) is 92.7 Å². The van der Waals surface area contributed by atoms with Gasteiger partial charge in [0.2, 0.25) is 11.6 Å². The maximum Gasteiger partial charge on any atom is 0.252 e. The highest BCUT2D eigenvalue weighted by molar-refractivity contribution is 5.85. The van der Waals surface area contributed by atoms with E-state index in [4.69, 9.17) is 19.2 Å². The average molecular weight is 312 g/mol. The van der Waals surface area contributed by atoms with Crippen LogP contribution < -0.4 is 14.9 Å². The molecule has 0 spiro atoms. The van der Waals surface area contributed by atoms with Crippen molar-refractivity contribution >= 4 is 17.7 Å². The number of oxazole rings is 1. The number of nitrogens with one attached hydrogen (secondary N) is 1. The van der Waals surface area contributed by atoms with Crippen LogP contribution in [0.25, 0.3) is 5.57 Å². The Bertz CT molecular complexity index is 787. The number of hydrazone groups is 1. The average Bonchev–Trinajstić information content (AvgIpc) is 2.98. The fourth-order valence-corrected chi connectivity index (χ4v) is 1.83. The second kappa shape index (κ2) is 7.13. The van der Waals surface area contributed by atoms with Crippen LogP contribution in [0.5, 0.6) is 11.5 Å². The molecule has 0 saturated carbocycles. The van der Waals surface area contributed by atoms with E-state index in [1.165, 1.54) is 6.21 Å². The number of methoxy groups -OCH3 is 2. The Hall–Kier alpha value is -3.27. The van der Waals surface area contributed by atoms with Crippen molar-refractivity contribution in [1.29, 1.82) is 5.26 Å². The molecule has 1 N–H and O–H groups in total. The summed E-state index contributed by atoms with van der Waals surface area (Å²) in [5, 5.41) is 13.1. The smallest absolute Gasteiger partial charge is 0.252 e. The van der Waals surface area contributed by atoms with Crippen LogP contribution in [-0.4, -0.2) is 25.4 Å². The van der Waals surface area contributed by atoms with Gasteiger partial charge in [-0.1, -0.05) is 12.6 Å². The minimum atomic E-state index is 0.109. The Morgan fingerprint density at radius 1 is 1.43 bits per heavy atom. The van der Waals surface area contributed by atoms with E-state index < -0.39 is 0 Å². The van der Waals surface area contributed by atoms with E-state index in [1.54, 1.807) is 27.2 Å². The molecule has 0 saturated heterocycles. The van der Waals surface area contributed by atoms with E-state index >= 15 is 0 Å². The first-order valence-corrected chi connectivity index (χ1v) is 6.67. The van der Waals surface area contributed by atoms with Gasteiger partial charge >= 0.3 is 0 Å². The largest absolute Gasteiger partial charge is 0.493 e. The molecule has 0 atom stereocenters. The number of anilines is 1. The first-order valence-electron chi connectivity index (χ1n) is 6.67. The van der Waals surface area contributed by atoms with Gasteiger partial charge in [0.05, 0.1) is 20.4 Å². The van der Waals surface area contributed by atoms with E-state index in [0.717, 1.165) is 0 Å². The van der Waals surface area contributed by atoms with E-state index in [-0.39, 0.29) is 11.6 Å². The summed E-state index contributed by atoms with van der Waals surface area (Å²) < 4.78 is 15.9. The van der Waals surface area contributed by atoms with Gasteiger partial charge in [-0.3, -0.25) is 0 Å². The molecule has 2 aromatic rings. The van der Waals surface area contributed by atoms with Crippen molar-refractivity contribution in [1.82, 2.24) is 4.98 Å². The quantitative estimate of drug-likeness (QED) is 0.651. The summed E-state index contributed by atoms with van der Waals surface area (Å²) in [5.74, 6) is 1.60. The predicted octanol–water partition coefficient (Wildman–Crippen LogP) is 3.04. The fourth-order valence-electron chi connectivity index (χ4n) is 1.83. The van der Waals surface area contributed by atoms with Crippen molar-refractivity contribution in [3.05, 3.63) is 41.9 Å². The summed E-state index contributed by atoms with van der Waals surface area (Å²) >= 11 is 0. The Morgan fingerprint density at radius 3 is 2.83 bits per heavy atom. The summed E-state index contributed by atoms with van der Waals surface area (Å²) in [7, 11) is 3.11. The van der Waals surface area contributed by atoms with Crippen LogP contribution in [0.1, 0.15) is 24.1 Å². The lowest BCUT2D eigenvalue weighted by atomic mass is 10.2. The molecular formula is C16H16N4O3. The third kappa shape index (κ3) is 3.49. The molecule has 23 heavy (non-hydrogen) atoms. The molecule has 2 rings (SSSR count). The van der Waals surface area contributed by atoms with Crippen molar-refractivity contribution in [3.63, 3.8) is 0 Å². The maximum atomic E-state index is 9.05. The lowest BCUT2D eigenvalue weighted by Gasteiger charge is -2.09. The van der Waals surface area contributed by atoms with Gasteiger partial charge in [-0.15, -0.1) is 0 Å². The number of hydrogen-bond donors (Lipinski definition) is 1. The summed E-state index contributed by atoms with van der Waals surface area (Å²) in [6.45, 7) is 5.46. The predicted molar refractivity (Wildman–Crippen MR) is 86.7 cm³/mol. The molecule has 1 aromatic carbocycles. The van der Waals surface area contributed by atoms with Crippen LogP contribution in [0, 0.1) is 11.3 Å². The SMILES string of the molecule is C=C(C)c1nc(C#N)c(N/N=C/c2cccc(OC)c2OC)o1. The molecule has 0 aliphatic carbocycles. The number of benzene rings is 1. The molecule has 0 unspecified atom stereocenters. The van der Waals surface area contributed by atoms with Crippen LogP contribution in [0.2, 0.25) is 0 Å². The zero-order valence-electron chi connectivity index (χ0n) is 13.1. The molecule has 1 aromatic heterocycles. The summed E-state index contributed by atoms with van der Waals surface area (Å²) in [4.78, 5) is 4.01. The summed E-state index contributed by atoms with van der Waals surface area (Å²) in [5.41, 5.74) is 4.09. The van der Waals surface area contributed by atoms with Gasteiger partial charge in [-0.2, -0.15) is 15.3 Å². The Balaban J connectivity index is 2.23. The molecule has 118 valence electrons. The van der Waals surface area contributed by atoms with Gasteiger partial charge in [0, 0.05) is 11.1 Å². The number of rotatable bonds is 6. The third-order valence-corrected chi connectivity index (χ3v) is 2.90. The van der Waals surface area contributed by atoms with Gasteiger partial charge in [-0.05, 0) is 19.1 Å². The zero-order valence-corrected chi connectivity index (χ0v) is 13.1. The van der Waals surface area contributed by atoms with Gasteiger partial charge in [0.25, 0.3) is 5.88 Å². The molecule has 1 heterocycles. The first-order chi connectivity index (χ1) is 11.1. The van der Waals surface area contributed by atoms with E-state index in [1.807, 2.05) is 18.2 Å². The van der Waals surface area contributed by atoms with Crippen molar-refractivity contribution in [2.45, 2.75) is 6.92 Å². The molecule has 0 bridgehead atoms. The molecule has 0 amide bonds. The van der Waals surface area contributed by atoms with Crippen LogP contribution >= 0.6 is 0 Å². The zero-order chi connectivity index (χ0) is 16.8. The van der Waals surface area contributed by atoms with Crippen LogP contribution in [-0.2, 0) is 0 Å².